The maximum absolute atomic E-state index is 15.4. The average Bonchev–Trinajstić information content (AvgIpc) is 2.95. The van der Waals surface area contributed by atoms with Gasteiger partial charge in [0.05, 0.1) is 29.1 Å². The zero-order valence-electron chi connectivity index (χ0n) is 21.5. The molecule has 0 atom stereocenters. The van der Waals surface area contributed by atoms with E-state index in [2.05, 4.69) is 32.1 Å². The fraction of sp³-hybridized carbons (Fsp3) is 0.214. The largest absolute Gasteiger partial charge is 0.395 e. The summed E-state index contributed by atoms with van der Waals surface area (Å²) in [7, 11) is 0. The van der Waals surface area contributed by atoms with E-state index in [-0.39, 0.29) is 40.4 Å². The zero-order chi connectivity index (χ0) is 28.2. The number of piperazine rings is 1. The number of fused-ring (bicyclic) bond motifs is 1. The lowest BCUT2D eigenvalue weighted by Crippen LogP contribution is -2.47. The second-order valence-corrected chi connectivity index (χ2v) is 9.16. The molecule has 1 amide bonds. The van der Waals surface area contributed by atoms with Crippen LogP contribution in [0.3, 0.4) is 0 Å². The van der Waals surface area contributed by atoms with Crippen molar-refractivity contribution in [3.8, 4) is 5.69 Å². The van der Waals surface area contributed by atoms with Crippen LogP contribution in [0.25, 0.3) is 16.7 Å². The monoisotopic (exact) mass is 547 g/mol. The molecule has 2 aromatic heterocycles. The van der Waals surface area contributed by atoms with E-state index in [9.17, 15) is 9.59 Å². The molecule has 1 aliphatic heterocycles. The Bertz CT molecular complexity index is 1630. The van der Waals surface area contributed by atoms with E-state index in [1.165, 1.54) is 41.2 Å². The normalized spacial score (nSPS) is 13.8. The van der Waals surface area contributed by atoms with Crippen LogP contribution in [0, 0.1) is 11.6 Å². The maximum atomic E-state index is 15.4. The highest BCUT2D eigenvalue weighted by Gasteiger charge is 2.20. The summed E-state index contributed by atoms with van der Waals surface area (Å²) in [5.41, 5.74) is 0.613. The van der Waals surface area contributed by atoms with Crippen molar-refractivity contribution in [1.82, 2.24) is 19.4 Å². The molecule has 1 aliphatic rings. The summed E-state index contributed by atoms with van der Waals surface area (Å²) >= 11 is 0. The fourth-order valence-corrected chi connectivity index (χ4v) is 4.60. The van der Waals surface area contributed by atoms with E-state index in [0.29, 0.717) is 31.0 Å². The molecule has 206 valence electrons. The minimum atomic E-state index is -0.731. The summed E-state index contributed by atoms with van der Waals surface area (Å²) in [6, 6.07) is 10.4. The molecular weight excluding hydrogens is 520 g/mol. The molecule has 0 aliphatic carbocycles. The second kappa shape index (κ2) is 11.6. The van der Waals surface area contributed by atoms with Crippen LogP contribution in [-0.4, -0.2) is 69.8 Å². The first kappa shape index (κ1) is 26.9. The van der Waals surface area contributed by atoms with Crippen molar-refractivity contribution in [3.63, 3.8) is 0 Å². The predicted molar refractivity (Wildman–Crippen MR) is 149 cm³/mol. The lowest BCUT2D eigenvalue weighted by atomic mass is 10.2. The molecule has 0 spiro atoms. The van der Waals surface area contributed by atoms with Crippen molar-refractivity contribution < 1.29 is 18.7 Å². The summed E-state index contributed by atoms with van der Waals surface area (Å²) in [5.74, 6) is -1.64. The van der Waals surface area contributed by atoms with Gasteiger partial charge in [0.1, 0.15) is 5.82 Å². The molecule has 0 bridgehead atoms. The summed E-state index contributed by atoms with van der Waals surface area (Å²) in [4.78, 5) is 36.9. The lowest BCUT2D eigenvalue weighted by Gasteiger charge is -2.36. The summed E-state index contributed by atoms with van der Waals surface area (Å²) in [6.07, 6.45) is 3.73. The first-order valence-corrected chi connectivity index (χ1v) is 12.6. The second-order valence-electron chi connectivity index (χ2n) is 9.16. The quantitative estimate of drug-likeness (QED) is 0.289. The molecule has 12 heteroatoms. The van der Waals surface area contributed by atoms with Gasteiger partial charge < -0.3 is 20.6 Å². The van der Waals surface area contributed by atoms with Crippen LogP contribution < -0.4 is 21.0 Å². The third-order valence-electron chi connectivity index (χ3n) is 6.65. The predicted octanol–water partition coefficient (Wildman–Crippen LogP) is 3.04. The first-order valence-electron chi connectivity index (χ1n) is 12.6. The third kappa shape index (κ3) is 5.53. The molecule has 4 aromatic rings. The lowest BCUT2D eigenvalue weighted by molar-refractivity contribution is -0.111. The van der Waals surface area contributed by atoms with Gasteiger partial charge in [0.25, 0.3) is 0 Å². The van der Waals surface area contributed by atoms with Crippen molar-refractivity contribution in [1.29, 1.82) is 0 Å². The van der Waals surface area contributed by atoms with Crippen molar-refractivity contribution in [2.45, 2.75) is 0 Å². The van der Waals surface area contributed by atoms with Gasteiger partial charge in [-0.25, -0.2) is 13.8 Å². The SMILES string of the molecule is C=CC(=O)Nc1cccc(-n2ccc(=O)c3cnc(Nc4ccc(N5CCN(CCO)CC5)c(F)c4)nc32)c1F. The molecule has 3 N–H and O–H groups in total. The summed E-state index contributed by atoms with van der Waals surface area (Å²) in [6.45, 7) is 6.82. The van der Waals surface area contributed by atoms with Crippen molar-refractivity contribution in [2.24, 2.45) is 0 Å². The zero-order valence-corrected chi connectivity index (χ0v) is 21.5. The van der Waals surface area contributed by atoms with Crippen molar-refractivity contribution in [3.05, 3.63) is 89.4 Å². The molecule has 5 rings (SSSR count). The molecule has 10 nitrogen and oxygen atoms in total. The molecule has 40 heavy (non-hydrogen) atoms. The third-order valence-corrected chi connectivity index (χ3v) is 6.65. The Balaban J connectivity index is 1.43. The number of nitrogens with zero attached hydrogens (tertiary/aromatic N) is 5. The summed E-state index contributed by atoms with van der Waals surface area (Å²) < 4.78 is 31.8. The molecule has 0 radical (unpaired) electrons. The van der Waals surface area contributed by atoms with E-state index in [1.807, 2.05) is 4.90 Å². The van der Waals surface area contributed by atoms with E-state index < -0.39 is 17.5 Å². The van der Waals surface area contributed by atoms with Crippen LogP contribution in [-0.2, 0) is 4.79 Å². The number of halogens is 2. The standard InChI is InChI=1S/C28H27F2N7O3/c1-2-25(40)33-21-4-3-5-23(26(21)30)37-9-8-24(39)19-17-31-28(34-27(19)37)32-18-6-7-22(20(29)16-18)36-12-10-35(11-13-36)14-15-38/h2-9,16-17,38H,1,10-15H2,(H,33,40)(H,31,32,34). The Morgan fingerprint density at radius 2 is 1.90 bits per heavy atom. The van der Waals surface area contributed by atoms with Gasteiger partial charge in [-0.2, -0.15) is 4.98 Å². The number of aliphatic hydroxyl groups excluding tert-OH is 1. The Kier molecular flexibility index (Phi) is 7.80. The van der Waals surface area contributed by atoms with Gasteiger partial charge in [0, 0.05) is 56.9 Å². The molecule has 1 saturated heterocycles. The number of hydrogen-bond acceptors (Lipinski definition) is 8. The number of benzene rings is 2. The minimum Gasteiger partial charge on any atom is -0.395 e. The number of amides is 1. The highest BCUT2D eigenvalue weighted by Crippen LogP contribution is 2.27. The van der Waals surface area contributed by atoms with Gasteiger partial charge in [-0.1, -0.05) is 12.6 Å². The van der Waals surface area contributed by atoms with Crippen LogP contribution >= 0.6 is 0 Å². The topological polar surface area (TPSA) is 116 Å². The van der Waals surface area contributed by atoms with Crippen LogP contribution in [0.1, 0.15) is 0 Å². The number of aliphatic hydroxyl groups is 1. The average molecular weight is 548 g/mol. The van der Waals surface area contributed by atoms with Crippen LogP contribution in [0.5, 0.6) is 0 Å². The minimum absolute atomic E-state index is 0.0472. The molecule has 1 fully saturated rings. The van der Waals surface area contributed by atoms with Gasteiger partial charge in [0.2, 0.25) is 11.9 Å². The number of hydrogen-bond donors (Lipinski definition) is 3. The van der Waals surface area contributed by atoms with E-state index in [4.69, 9.17) is 5.11 Å². The smallest absolute Gasteiger partial charge is 0.247 e. The summed E-state index contributed by atoms with van der Waals surface area (Å²) in [5, 5.41) is 14.6. The van der Waals surface area contributed by atoms with E-state index in [1.54, 1.807) is 18.2 Å². The maximum Gasteiger partial charge on any atom is 0.247 e. The molecule has 0 saturated carbocycles. The Morgan fingerprint density at radius 1 is 1.10 bits per heavy atom. The highest BCUT2D eigenvalue weighted by molar-refractivity contribution is 5.99. The van der Waals surface area contributed by atoms with Gasteiger partial charge in [-0.3, -0.25) is 19.1 Å². The first-order chi connectivity index (χ1) is 19.4. The Labute approximate surface area is 228 Å². The molecule has 3 heterocycles. The number of carbonyl (C=O) groups is 1. The van der Waals surface area contributed by atoms with Crippen molar-refractivity contribution >= 4 is 40.0 Å². The van der Waals surface area contributed by atoms with Gasteiger partial charge in [0.15, 0.2) is 16.9 Å². The van der Waals surface area contributed by atoms with Crippen LogP contribution in [0.2, 0.25) is 0 Å². The van der Waals surface area contributed by atoms with Gasteiger partial charge >= 0.3 is 0 Å². The molecule has 0 unspecified atom stereocenters. The Morgan fingerprint density at radius 3 is 2.62 bits per heavy atom. The van der Waals surface area contributed by atoms with Crippen molar-refractivity contribution in [2.75, 3.05) is 54.9 Å². The number of anilines is 4. The van der Waals surface area contributed by atoms with E-state index >= 15 is 8.78 Å². The fourth-order valence-electron chi connectivity index (χ4n) is 4.60. The number of rotatable bonds is 8. The molecular formula is C28H27F2N7O3. The van der Waals surface area contributed by atoms with E-state index in [0.717, 1.165) is 19.2 Å². The number of aromatic nitrogens is 3. The Hall–Kier alpha value is -4.68. The van der Waals surface area contributed by atoms with Crippen LogP contribution in [0.15, 0.2) is 72.3 Å². The number of pyridine rings is 1. The van der Waals surface area contributed by atoms with Crippen LogP contribution in [0.4, 0.5) is 31.8 Å². The molecule has 2 aromatic carbocycles. The number of carbonyl (C=O) groups excluding carboxylic acids is 1. The van der Waals surface area contributed by atoms with Gasteiger partial charge in [-0.15, -0.1) is 0 Å². The van der Waals surface area contributed by atoms with Gasteiger partial charge in [-0.05, 0) is 36.4 Å². The highest BCUT2D eigenvalue weighted by atomic mass is 19.1. The number of nitrogens with one attached hydrogen (secondary N) is 2. The number of β-amino-alcohol motifs (C(OH)–C–C–N with tert-alkyl or cyclic N) is 1.